The Hall–Kier alpha value is -3.28. The number of piperidine rings is 1. The second-order valence-electron chi connectivity index (χ2n) is 11.0. The van der Waals surface area contributed by atoms with Crippen LogP contribution in [-0.2, 0) is 22.3 Å². The quantitative estimate of drug-likeness (QED) is 0.282. The van der Waals surface area contributed by atoms with E-state index in [1.807, 2.05) is 19.9 Å². The van der Waals surface area contributed by atoms with Crippen molar-refractivity contribution < 1.29 is 45.4 Å². The summed E-state index contributed by atoms with van der Waals surface area (Å²) >= 11 is 0. The minimum Gasteiger partial charge on any atom is -0.493 e. The number of esters is 1. The second-order valence-corrected chi connectivity index (χ2v) is 11.0. The highest BCUT2D eigenvalue weighted by molar-refractivity contribution is 5.94. The molecule has 1 spiro atoms. The number of alkyl halides is 6. The van der Waals surface area contributed by atoms with Crippen LogP contribution in [0.3, 0.4) is 0 Å². The molecule has 12 heteroatoms. The van der Waals surface area contributed by atoms with Crippen molar-refractivity contribution in [1.29, 1.82) is 0 Å². The van der Waals surface area contributed by atoms with Crippen molar-refractivity contribution in [3.05, 3.63) is 65.2 Å². The maximum atomic E-state index is 13.3. The molecule has 4 rings (SSSR count). The predicted octanol–water partition coefficient (Wildman–Crippen LogP) is 6.30. The van der Waals surface area contributed by atoms with Gasteiger partial charge in [0.1, 0.15) is 5.75 Å². The Morgan fingerprint density at radius 3 is 2.12 bits per heavy atom. The predicted molar refractivity (Wildman–Crippen MR) is 137 cm³/mol. The maximum Gasteiger partial charge on any atom is 0.490 e. The molecule has 2 aromatic carbocycles. The number of para-hydroxylation sites is 1. The maximum absolute atomic E-state index is 13.3. The van der Waals surface area contributed by atoms with Gasteiger partial charge in [0.2, 0.25) is 0 Å². The molecular weight excluding hydrogens is 554 g/mol. The smallest absolute Gasteiger partial charge is 0.490 e. The molecule has 2 aliphatic rings. The molecule has 2 saturated heterocycles. The van der Waals surface area contributed by atoms with Gasteiger partial charge in [-0.25, -0.2) is 4.79 Å². The van der Waals surface area contributed by atoms with Gasteiger partial charge in [0, 0.05) is 42.7 Å². The molecule has 1 unspecified atom stereocenters. The minimum atomic E-state index is -5.17. The Labute approximate surface area is 234 Å². The monoisotopic (exact) mass is 586 g/mol. The molecule has 0 aliphatic carbocycles. The summed E-state index contributed by atoms with van der Waals surface area (Å²) in [5, 5.41) is 0. The van der Waals surface area contributed by atoms with Gasteiger partial charge in [-0.15, -0.1) is 0 Å². The van der Waals surface area contributed by atoms with Gasteiger partial charge in [0.15, 0.2) is 6.23 Å². The van der Waals surface area contributed by atoms with Crippen LogP contribution in [0.2, 0.25) is 0 Å². The van der Waals surface area contributed by atoms with Gasteiger partial charge in [-0.3, -0.25) is 9.69 Å². The lowest BCUT2D eigenvalue weighted by Gasteiger charge is -2.43. The third-order valence-electron chi connectivity index (χ3n) is 7.63. The summed E-state index contributed by atoms with van der Waals surface area (Å²) in [5.74, 6) is -1.89. The first kappa shape index (κ1) is 30.7. The highest BCUT2D eigenvalue weighted by Gasteiger charge is 2.54. The summed E-state index contributed by atoms with van der Waals surface area (Å²) in [4.78, 5) is 28.2. The zero-order valence-corrected chi connectivity index (χ0v) is 22.7. The Kier molecular flexibility index (Phi) is 8.91. The molecule has 0 N–H and O–H groups in total. The van der Waals surface area contributed by atoms with Gasteiger partial charge < -0.3 is 14.4 Å². The van der Waals surface area contributed by atoms with Gasteiger partial charge in [0.25, 0.3) is 5.91 Å². The number of amides is 1. The van der Waals surface area contributed by atoms with Gasteiger partial charge in [-0.2, -0.15) is 26.3 Å². The molecule has 0 bridgehead atoms. The number of hydrogen-bond acceptors (Lipinski definition) is 5. The number of benzene rings is 2. The average Bonchev–Trinajstić information content (AvgIpc) is 3.23. The zero-order chi connectivity index (χ0) is 30.0. The highest BCUT2D eigenvalue weighted by atomic mass is 19.4. The van der Waals surface area contributed by atoms with Crippen LogP contribution in [0.25, 0.3) is 0 Å². The third-order valence-corrected chi connectivity index (χ3v) is 7.63. The Morgan fingerprint density at radius 1 is 0.927 bits per heavy atom. The van der Waals surface area contributed by atoms with Crippen LogP contribution in [-0.4, -0.2) is 60.3 Å². The highest BCUT2D eigenvalue weighted by Crippen LogP contribution is 2.47. The van der Waals surface area contributed by atoms with Crippen LogP contribution in [0, 0.1) is 11.3 Å². The molecule has 2 aromatic rings. The fraction of sp³-hybridized carbons (Fsp3) is 0.517. The van der Waals surface area contributed by atoms with Crippen molar-refractivity contribution in [3.63, 3.8) is 0 Å². The normalized spacial score (nSPS) is 19.5. The molecule has 41 heavy (non-hydrogen) atoms. The Balaban J connectivity index is 1.51. The number of likely N-dealkylation sites (tertiary alicyclic amines) is 2. The van der Waals surface area contributed by atoms with E-state index in [-0.39, 0.29) is 44.0 Å². The van der Waals surface area contributed by atoms with Crippen molar-refractivity contribution in [2.75, 3.05) is 26.2 Å². The molecule has 6 nitrogen and oxygen atoms in total. The van der Waals surface area contributed by atoms with E-state index in [4.69, 9.17) is 9.47 Å². The van der Waals surface area contributed by atoms with Crippen LogP contribution in [0.5, 0.6) is 5.75 Å². The van der Waals surface area contributed by atoms with Gasteiger partial charge in [0.05, 0.1) is 12.2 Å². The summed E-state index contributed by atoms with van der Waals surface area (Å²) in [6.45, 7) is 5.31. The summed E-state index contributed by atoms with van der Waals surface area (Å²) in [7, 11) is 0. The molecule has 2 aliphatic heterocycles. The van der Waals surface area contributed by atoms with E-state index in [1.54, 1.807) is 23.1 Å². The molecule has 0 radical (unpaired) electrons. The molecule has 2 fully saturated rings. The number of halogens is 6. The zero-order valence-electron chi connectivity index (χ0n) is 22.7. The van der Waals surface area contributed by atoms with Crippen molar-refractivity contribution in [2.24, 2.45) is 11.3 Å². The topological polar surface area (TPSA) is 59.1 Å². The molecule has 0 saturated carbocycles. The van der Waals surface area contributed by atoms with Crippen molar-refractivity contribution >= 4 is 11.9 Å². The molecule has 1 amide bonds. The fourth-order valence-electron chi connectivity index (χ4n) is 5.41. The summed E-state index contributed by atoms with van der Waals surface area (Å²) in [5.41, 5.74) is -0.873. The number of ether oxygens (including phenoxy) is 2. The average molecular weight is 587 g/mol. The Morgan fingerprint density at radius 2 is 1.54 bits per heavy atom. The number of carbonyl (C=O) groups is 2. The lowest BCUT2D eigenvalue weighted by atomic mass is 9.76. The summed E-state index contributed by atoms with van der Waals surface area (Å²) in [6.07, 6.45) is -9.92. The van der Waals surface area contributed by atoms with E-state index in [0.29, 0.717) is 25.3 Å². The first-order valence-electron chi connectivity index (χ1n) is 13.4. The van der Waals surface area contributed by atoms with Crippen molar-refractivity contribution in [3.8, 4) is 5.75 Å². The first-order chi connectivity index (χ1) is 19.2. The molecule has 2 heterocycles. The van der Waals surface area contributed by atoms with E-state index in [2.05, 4.69) is 0 Å². The molecule has 1 atom stereocenters. The number of rotatable bonds is 7. The van der Waals surface area contributed by atoms with Crippen LogP contribution in [0.1, 0.15) is 54.6 Å². The molecule has 224 valence electrons. The molecule has 0 aromatic heterocycles. The van der Waals surface area contributed by atoms with Crippen LogP contribution in [0.15, 0.2) is 48.5 Å². The number of hydrogen-bond donors (Lipinski definition) is 0. The van der Waals surface area contributed by atoms with E-state index in [1.165, 1.54) is 4.90 Å². The first-order valence-corrected chi connectivity index (χ1v) is 13.4. The van der Waals surface area contributed by atoms with Crippen LogP contribution < -0.4 is 4.74 Å². The largest absolute Gasteiger partial charge is 0.493 e. The summed E-state index contributed by atoms with van der Waals surface area (Å²) < 4.78 is 89.5. The van der Waals surface area contributed by atoms with Crippen molar-refractivity contribution in [1.82, 2.24) is 9.80 Å². The standard InChI is InChI=1S/C29H32F6N2O4/c1-19(2)18-40-23-6-4-3-5-21(23)17-37-16-13-27(25(37)41-26(39)29(33,34)35)11-14-36(15-12-27)24(38)20-7-9-22(10-8-20)28(30,31)32/h3-10,19,25H,11-18H2,1-2H3. The Bertz CT molecular complexity index is 1220. The van der Waals surface area contributed by atoms with Gasteiger partial charge in [-0.1, -0.05) is 32.0 Å². The lowest BCUT2D eigenvalue weighted by Crippen LogP contribution is -2.51. The molecular formula is C29H32F6N2O4. The SMILES string of the molecule is CC(C)COc1ccccc1CN1CCC2(CCN(C(=O)c3ccc(C(F)(F)F)cc3)CC2)C1OC(=O)C(F)(F)F. The van der Waals surface area contributed by atoms with Crippen LogP contribution >= 0.6 is 0 Å². The van der Waals surface area contributed by atoms with E-state index in [9.17, 15) is 35.9 Å². The third kappa shape index (κ3) is 7.14. The van der Waals surface area contributed by atoms with E-state index >= 15 is 0 Å². The van der Waals surface area contributed by atoms with Gasteiger partial charge in [-0.05, 0) is 55.5 Å². The summed E-state index contributed by atoms with van der Waals surface area (Å²) in [6, 6.07) is 11.1. The van der Waals surface area contributed by atoms with E-state index in [0.717, 1.165) is 29.8 Å². The van der Waals surface area contributed by atoms with Gasteiger partial charge >= 0.3 is 18.3 Å². The van der Waals surface area contributed by atoms with E-state index < -0.39 is 41.4 Å². The van der Waals surface area contributed by atoms with Crippen LogP contribution in [0.4, 0.5) is 26.3 Å². The fourth-order valence-corrected chi connectivity index (χ4v) is 5.41. The van der Waals surface area contributed by atoms with Crippen molar-refractivity contribution in [2.45, 2.75) is 58.2 Å². The number of carbonyl (C=O) groups excluding carboxylic acids is 2. The second kappa shape index (κ2) is 11.9. The lowest BCUT2D eigenvalue weighted by molar-refractivity contribution is -0.220. The minimum absolute atomic E-state index is 0.0834. The number of nitrogens with zero attached hydrogens (tertiary/aromatic N) is 2.